The maximum Gasteiger partial charge on any atom is 0.335 e. The van der Waals surface area contributed by atoms with Crippen molar-refractivity contribution in [1.82, 2.24) is 5.32 Å². The molecule has 0 unspecified atom stereocenters. The fraction of sp³-hybridized carbons (Fsp3) is 0.333. The lowest BCUT2D eigenvalue weighted by Gasteiger charge is -2.22. The monoisotopic (exact) mass is 346 g/mol. The fourth-order valence-corrected chi connectivity index (χ4v) is 2.55. The predicted molar refractivity (Wildman–Crippen MR) is 92.6 cm³/mol. The number of carboxylic acids is 1. The van der Waals surface area contributed by atoms with Gasteiger partial charge in [-0.3, -0.25) is 4.79 Å². The van der Waals surface area contributed by atoms with Crippen LogP contribution in [0.2, 0.25) is 0 Å². The Hall–Kier alpha value is -2.80. The number of benzene rings is 1. The van der Waals surface area contributed by atoms with Gasteiger partial charge in [0.2, 0.25) is 0 Å². The number of carboxylic acid groups (broad SMARTS) is 1. The molecule has 2 rings (SSSR count). The Kier molecular flexibility index (Phi) is 6.19. The molecule has 0 bridgehead atoms. The largest absolute Gasteiger partial charge is 0.479 e. The summed E-state index contributed by atoms with van der Waals surface area (Å²) < 4.78 is 5.14. The maximum atomic E-state index is 12.4. The second-order valence-electron chi connectivity index (χ2n) is 5.47. The number of nitrogens with one attached hydrogen (secondary N) is 1. The van der Waals surface area contributed by atoms with Crippen LogP contribution in [0.3, 0.4) is 0 Å². The van der Waals surface area contributed by atoms with Crippen LogP contribution in [0.5, 0.6) is 0 Å². The molecule has 1 aromatic heterocycles. The molecule has 0 saturated carbocycles. The zero-order valence-corrected chi connectivity index (χ0v) is 14.2. The zero-order chi connectivity index (χ0) is 18.4. The molecule has 0 aliphatic carbocycles. The molecule has 2 atom stereocenters. The number of rotatable bonds is 8. The van der Waals surface area contributed by atoms with Gasteiger partial charge in [0.05, 0.1) is 6.26 Å². The molecule has 0 saturated heterocycles. The van der Waals surface area contributed by atoms with E-state index >= 15 is 0 Å². The lowest BCUT2D eigenvalue weighted by atomic mass is 10.1. The van der Waals surface area contributed by atoms with Gasteiger partial charge in [-0.15, -0.1) is 0 Å². The Bertz CT molecular complexity index is 693. The molecule has 3 N–H and O–H groups in total. The van der Waals surface area contributed by atoms with Gasteiger partial charge in [-0.2, -0.15) is 0 Å². The van der Waals surface area contributed by atoms with E-state index in [4.69, 9.17) is 9.52 Å². The minimum atomic E-state index is -1.81. The van der Waals surface area contributed by atoms with Crippen LogP contribution in [0.4, 0.5) is 5.69 Å². The normalized spacial score (nSPS) is 13.1. The van der Waals surface area contributed by atoms with E-state index in [1.165, 1.54) is 12.3 Å². The molecule has 0 radical (unpaired) electrons. The minimum Gasteiger partial charge on any atom is -0.479 e. The number of amides is 1. The van der Waals surface area contributed by atoms with E-state index in [2.05, 4.69) is 10.2 Å². The third kappa shape index (κ3) is 4.39. The van der Waals surface area contributed by atoms with Crippen molar-refractivity contribution in [2.24, 2.45) is 0 Å². The molecule has 0 aliphatic heterocycles. The zero-order valence-electron chi connectivity index (χ0n) is 14.2. The summed E-state index contributed by atoms with van der Waals surface area (Å²) in [5.74, 6) is -1.77. The number of aliphatic hydroxyl groups excluding tert-OH is 1. The first-order chi connectivity index (χ1) is 12.0. The Balaban J connectivity index is 2.17. The number of aliphatic hydroxyl groups is 1. The number of anilines is 1. The van der Waals surface area contributed by atoms with Gasteiger partial charge in [0.25, 0.3) is 5.91 Å². The van der Waals surface area contributed by atoms with Crippen LogP contribution in [0.25, 0.3) is 0 Å². The molecule has 2 aromatic rings. The highest BCUT2D eigenvalue weighted by atomic mass is 16.4. The summed E-state index contributed by atoms with van der Waals surface area (Å²) in [5.41, 5.74) is 1.36. The van der Waals surface area contributed by atoms with Crippen molar-refractivity contribution < 1.29 is 24.2 Å². The Morgan fingerprint density at radius 3 is 2.28 bits per heavy atom. The van der Waals surface area contributed by atoms with Gasteiger partial charge >= 0.3 is 5.97 Å². The van der Waals surface area contributed by atoms with Gasteiger partial charge in [-0.25, -0.2) is 4.79 Å². The van der Waals surface area contributed by atoms with Crippen molar-refractivity contribution in [1.29, 1.82) is 0 Å². The van der Waals surface area contributed by atoms with E-state index in [0.29, 0.717) is 5.56 Å². The fourth-order valence-electron chi connectivity index (χ4n) is 2.55. The highest BCUT2D eigenvalue weighted by molar-refractivity contribution is 5.95. The van der Waals surface area contributed by atoms with Crippen LogP contribution in [0, 0.1) is 0 Å². The van der Waals surface area contributed by atoms with Crippen molar-refractivity contribution in [3.63, 3.8) is 0 Å². The molecular formula is C18H22N2O5. The van der Waals surface area contributed by atoms with E-state index in [0.717, 1.165) is 18.8 Å². The van der Waals surface area contributed by atoms with Crippen LogP contribution in [0.15, 0.2) is 47.1 Å². The summed E-state index contributed by atoms with van der Waals surface area (Å²) in [6.07, 6.45) is -0.466. The average molecular weight is 346 g/mol. The van der Waals surface area contributed by atoms with Crippen LogP contribution < -0.4 is 10.2 Å². The minimum absolute atomic E-state index is 0.169. The van der Waals surface area contributed by atoms with E-state index in [-0.39, 0.29) is 5.76 Å². The molecule has 7 nitrogen and oxygen atoms in total. The molecular weight excluding hydrogens is 324 g/mol. The number of aliphatic carboxylic acids is 1. The standard InChI is InChI=1S/C18H22N2O5/c1-3-20(4-2)13-9-7-12(8-10-13)17(22)19-15(16(21)18(23)24)14-6-5-11-25-14/h5-11,15-16,21H,3-4H2,1-2H3,(H,19,22)(H,23,24)/t15-,16+/m0/s1. The topological polar surface area (TPSA) is 103 Å². The molecule has 134 valence electrons. The van der Waals surface area contributed by atoms with Crippen LogP contribution in [-0.2, 0) is 4.79 Å². The summed E-state index contributed by atoms with van der Waals surface area (Å²) in [6, 6.07) is 8.87. The highest BCUT2D eigenvalue weighted by Gasteiger charge is 2.31. The van der Waals surface area contributed by atoms with Crippen molar-refractivity contribution in [2.75, 3.05) is 18.0 Å². The summed E-state index contributed by atoms with van der Waals surface area (Å²) in [6.45, 7) is 5.80. The van der Waals surface area contributed by atoms with Gasteiger partial charge in [0.15, 0.2) is 6.10 Å². The van der Waals surface area contributed by atoms with Crippen LogP contribution in [-0.4, -0.2) is 41.3 Å². The highest BCUT2D eigenvalue weighted by Crippen LogP contribution is 2.20. The lowest BCUT2D eigenvalue weighted by molar-refractivity contribution is -0.148. The SMILES string of the molecule is CCN(CC)c1ccc(C(=O)N[C@@H](c2ccco2)[C@@H](O)C(=O)O)cc1. The maximum absolute atomic E-state index is 12.4. The van der Waals surface area contributed by atoms with E-state index < -0.39 is 24.0 Å². The second-order valence-corrected chi connectivity index (χ2v) is 5.47. The van der Waals surface area contributed by atoms with Crippen molar-refractivity contribution in [3.8, 4) is 0 Å². The number of hydrogen-bond donors (Lipinski definition) is 3. The summed E-state index contributed by atoms with van der Waals surface area (Å²) >= 11 is 0. The Morgan fingerprint density at radius 1 is 1.16 bits per heavy atom. The van der Waals surface area contributed by atoms with Gasteiger partial charge in [0, 0.05) is 24.3 Å². The van der Waals surface area contributed by atoms with Gasteiger partial charge < -0.3 is 24.8 Å². The number of nitrogens with zero attached hydrogens (tertiary/aromatic N) is 1. The first-order valence-electron chi connectivity index (χ1n) is 8.08. The predicted octanol–water partition coefficient (Wildman–Crippen LogP) is 2.04. The van der Waals surface area contributed by atoms with Gasteiger partial charge in [-0.1, -0.05) is 0 Å². The lowest BCUT2D eigenvalue weighted by Crippen LogP contribution is -2.40. The third-order valence-corrected chi connectivity index (χ3v) is 3.96. The molecule has 0 fully saturated rings. The Labute approximate surface area is 145 Å². The number of hydrogen-bond acceptors (Lipinski definition) is 5. The molecule has 0 spiro atoms. The Morgan fingerprint density at radius 2 is 1.80 bits per heavy atom. The molecule has 0 aliphatic rings. The molecule has 25 heavy (non-hydrogen) atoms. The number of furan rings is 1. The molecule has 1 aromatic carbocycles. The number of carbonyl (C=O) groups is 2. The van der Waals surface area contributed by atoms with Crippen LogP contribution in [0.1, 0.15) is 36.0 Å². The number of carbonyl (C=O) groups excluding carboxylic acids is 1. The van der Waals surface area contributed by atoms with Crippen LogP contribution >= 0.6 is 0 Å². The first-order valence-corrected chi connectivity index (χ1v) is 8.08. The molecule has 1 amide bonds. The molecule has 1 heterocycles. The molecule has 7 heteroatoms. The van der Waals surface area contributed by atoms with E-state index in [1.54, 1.807) is 18.2 Å². The van der Waals surface area contributed by atoms with E-state index in [9.17, 15) is 14.7 Å². The summed E-state index contributed by atoms with van der Waals surface area (Å²) in [5, 5.41) is 21.4. The average Bonchev–Trinajstić information content (AvgIpc) is 3.14. The van der Waals surface area contributed by atoms with Crippen molar-refractivity contribution >= 4 is 17.6 Å². The van der Waals surface area contributed by atoms with Crippen molar-refractivity contribution in [3.05, 3.63) is 54.0 Å². The third-order valence-electron chi connectivity index (χ3n) is 3.96. The van der Waals surface area contributed by atoms with Crippen molar-refractivity contribution in [2.45, 2.75) is 26.0 Å². The first kappa shape index (κ1) is 18.5. The quantitative estimate of drug-likeness (QED) is 0.676. The summed E-state index contributed by atoms with van der Waals surface area (Å²) in [4.78, 5) is 25.7. The van der Waals surface area contributed by atoms with Gasteiger partial charge in [-0.05, 0) is 50.2 Å². The smallest absolute Gasteiger partial charge is 0.335 e. The van der Waals surface area contributed by atoms with E-state index in [1.807, 2.05) is 26.0 Å². The second kappa shape index (κ2) is 8.34. The van der Waals surface area contributed by atoms with Gasteiger partial charge in [0.1, 0.15) is 11.8 Å². The summed E-state index contributed by atoms with van der Waals surface area (Å²) in [7, 11) is 0.